The van der Waals surface area contributed by atoms with Gasteiger partial charge in [0.15, 0.2) is 5.65 Å². The first-order valence-corrected chi connectivity index (χ1v) is 6.34. The van der Waals surface area contributed by atoms with E-state index in [0.717, 1.165) is 16.8 Å². The van der Waals surface area contributed by atoms with E-state index in [1.54, 1.807) is 6.92 Å². The second-order valence-corrected chi connectivity index (χ2v) is 4.12. The van der Waals surface area contributed by atoms with Crippen molar-refractivity contribution in [2.75, 3.05) is 18.5 Å². The molecule has 0 aliphatic carbocycles. The van der Waals surface area contributed by atoms with Crippen LogP contribution in [0.25, 0.3) is 11.0 Å². The topological polar surface area (TPSA) is 64.1 Å². The maximum atomic E-state index is 11.9. The molecule has 0 spiro atoms. The number of nitrogens with zero attached hydrogens (tertiary/aromatic N) is 2. The number of carbonyl (C=O) groups is 1. The normalized spacial score (nSPS) is 10.5. The highest BCUT2D eigenvalue weighted by molar-refractivity contribution is 6.04. The molecule has 2 aromatic heterocycles. The summed E-state index contributed by atoms with van der Waals surface area (Å²) in [7, 11) is 0. The zero-order valence-electron chi connectivity index (χ0n) is 11.4. The van der Waals surface area contributed by atoms with Gasteiger partial charge in [0.1, 0.15) is 5.56 Å². The molecule has 0 aliphatic rings. The molecular formula is C14H17N3O2. The Morgan fingerprint density at radius 2 is 2.16 bits per heavy atom. The molecule has 1 N–H and O–H groups in total. The van der Waals surface area contributed by atoms with Crippen molar-refractivity contribution in [2.24, 2.45) is 0 Å². The number of ether oxygens (including phenoxy) is 1. The van der Waals surface area contributed by atoms with E-state index in [1.165, 1.54) is 6.20 Å². The Morgan fingerprint density at radius 1 is 1.37 bits per heavy atom. The Hall–Kier alpha value is -2.17. The van der Waals surface area contributed by atoms with Gasteiger partial charge < -0.3 is 10.1 Å². The van der Waals surface area contributed by atoms with Crippen LogP contribution in [-0.2, 0) is 4.74 Å². The number of nitrogens with one attached hydrogen (secondary N) is 1. The standard InChI is InChI=1S/C14H17N3O2/c1-4-15-12-10-7-6-9(3)17-13(10)16-8-11(12)14(18)19-5-2/h6-8H,4-5H2,1-3H3,(H,15,16,17). The summed E-state index contributed by atoms with van der Waals surface area (Å²) in [6.07, 6.45) is 1.52. The molecule has 5 nitrogen and oxygen atoms in total. The monoisotopic (exact) mass is 259 g/mol. The average molecular weight is 259 g/mol. The summed E-state index contributed by atoms with van der Waals surface area (Å²) >= 11 is 0. The van der Waals surface area contributed by atoms with Crippen LogP contribution in [0.4, 0.5) is 5.69 Å². The summed E-state index contributed by atoms with van der Waals surface area (Å²) in [5.41, 5.74) is 2.70. The van der Waals surface area contributed by atoms with Gasteiger partial charge in [-0.3, -0.25) is 0 Å². The van der Waals surface area contributed by atoms with Gasteiger partial charge in [0.2, 0.25) is 0 Å². The minimum atomic E-state index is -0.367. The predicted molar refractivity (Wildman–Crippen MR) is 74.4 cm³/mol. The maximum absolute atomic E-state index is 11.9. The molecule has 100 valence electrons. The highest BCUT2D eigenvalue weighted by Crippen LogP contribution is 2.25. The SMILES string of the molecule is CCNc1c(C(=O)OCC)cnc2nc(C)ccc12. The Morgan fingerprint density at radius 3 is 2.84 bits per heavy atom. The molecule has 0 amide bonds. The number of hydrogen-bond acceptors (Lipinski definition) is 5. The highest BCUT2D eigenvalue weighted by atomic mass is 16.5. The summed E-state index contributed by atoms with van der Waals surface area (Å²) in [6.45, 7) is 6.72. The quantitative estimate of drug-likeness (QED) is 0.855. The molecule has 2 aromatic rings. The second kappa shape index (κ2) is 5.65. The van der Waals surface area contributed by atoms with Gasteiger partial charge >= 0.3 is 5.97 Å². The second-order valence-electron chi connectivity index (χ2n) is 4.12. The van der Waals surface area contributed by atoms with E-state index < -0.39 is 0 Å². The van der Waals surface area contributed by atoms with Crippen LogP contribution in [0.5, 0.6) is 0 Å². The maximum Gasteiger partial charge on any atom is 0.341 e. The van der Waals surface area contributed by atoms with Crippen molar-refractivity contribution < 1.29 is 9.53 Å². The number of rotatable bonds is 4. The Bertz CT molecular complexity index is 611. The van der Waals surface area contributed by atoms with E-state index in [4.69, 9.17) is 4.74 Å². The lowest BCUT2D eigenvalue weighted by Crippen LogP contribution is -2.11. The molecule has 0 saturated heterocycles. The summed E-state index contributed by atoms with van der Waals surface area (Å²) in [4.78, 5) is 20.5. The van der Waals surface area contributed by atoms with Crippen molar-refractivity contribution in [3.63, 3.8) is 0 Å². The minimum Gasteiger partial charge on any atom is -0.462 e. The predicted octanol–water partition coefficient (Wildman–Crippen LogP) is 2.55. The molecule has 2 heterocycles. The summed E-state index contributed by atoms with van der Waals surface area (Å²) < 4.78 is 5.05. The van der Waals surface area contributed by atoms with Crippen molar-refractivity contribution in [3.8, 4) is 0 Å². The van der Waals surface area contributed by atoms with Crippen molar-refractivity contribution in [1.29, 1.82) is 0 Å². The molecule has 0 aromatic carbocycles. The van der Waals surface area contributed by atoms with E-state index in [9.17, 15) is 4.79 Å². The molecule has 0 aliphatic heterocycles. The van der Waals surface area contributed by atoms with Gasteiger partial charge in [0, 0.05) is 23.8 Å². The largest absolute Gasteiger partial charge is 0.462 e. The van der Waals surface area contributed by atoms with Gasteiger partial charge in [-0.1, -0.05) is 0 Å². The van der Waals surface area contributed by atoms with Crippen LogP contribution in [-0.4, -0.2) is 29.1 Å². The van der Waals surface area contributed by atoms with E-state index in [1.807, 2.05) is 26.0 Å². The van der Waals surface area contributed by atoms with Gasteiger partial charge in [-0.25, -0.2) is 14.8 Å². The van der Waals surface area contributed by atoms with Crippen LogP contribution in [0.3, 0.4) is 0 Å². The summed E-state index contributed by atoms with van der Waals surface area (Å²) in [5.74, 6) is -0.367. The van der Waals surface area contributed by atoms with Crippen LogP contribution < -0.4 is 5.32 Å². The fourth-order valence-corrected chi connectivity index (χ4v) is 1.90. The molecule has 0 radical (unpaired) electrons. The van der Waals surface area contributed by atoms with E-state index in [2.05, 4.69) is 15.3 Å². The number of carbonyl (C=O) groups excluding carboxylic acids is 1. The van der Waals surface area contributed by atoms with Gasteiger partial charge in [0.05, 0.1) is 12.3 Å². The fraction of sp³-hybridized carbons (Fsp3) is 0.357. The molecule has 0 atom stereocenters. The van der Waals surface area contributed by atoms with Crippen LogP contribution in [0.1, 0.15) is 29.9 Å². The van der Waals surface area contributed by atoms with E-state index in [-0.39, 0.29) is 5.97 Å². The zero-order chi connectivity index (χ0) is 13.8. The highest BCUT2D eigenvalue weighted by Gasteiger charge is 2.16. The van der Waals surface area contributed by atoms with Crippen LogP contribution >= 0.6 is 0 Å². The third-order valence-electron chi connectivity index (χ3n) is 2.72. The molecular weight excluding hydrogens is 242 g/mol. The van der Waals surface area contributed by atoms with Crippen molar-refractivity contribution in [2.45, 2.75) is 20.8 Å². The van der Waals surface area contributed by atoms with Gasteiger partial charge in [0.25, 0.3) is 0 Å². The number of aromatic nitrogens is 2. The molecule has 0 bridgehead atoms. The molecule has 0 unspecified atom stereocenters. The van der Waals surface area contributed by atoms with Gasteiger partial charge in [-0.15, -0.1) is 0 Å². The third-order valence-corrected chi connectivity index (χ3v) is 2.72. The van der Waals surface area contributed by atoms with E-state index in [0.29, 0.717) is 24.4 Å². The number of hydrogen-bond donors (Lipinski definition) is 1. The third kappa shape index (κ3) is 2.65. The first-order valence-electron chi connectivity index (χ1n) is 6.34. The van der Waals surface area contributed by atoms with Crippen molar-refractivity contribution >= 4 is 22.7 Å². The van der Waals surface area contributed by atoms with Crippen LogP contribution in [0.15, 0.2) is 18.3 Å². The Balaban J connectivity index is 2.61. The molecule has 5 heteroatoms. The molecule has 19 heavy (non-hydrogen) atoms. The summed E-state index contributed by atoms with van der Waals surface area (Å²) in [6, 6.07) is 3.82. The zero-order valence-corrected chi connectivity index (χ0v) is 11.4. The minimum absolute atomic E-state index is 0.342. The average Bonchev–Trinajstić information content (AvgIpc) is 2.39. The Kier molecular flexibility index (Phi) is 3.94. The number of anilines is 1. The molecule has 2 rings (SSSR count). The first-order chi connectivity index (χ1) is 9.17. The van der Waals surface area contributed by atoms with Gasteiger partial charge in [-0.05, 0) is 32.9 Å². The van der Waals surface area contributed by atoms with Crippen molar-refractivity contribution in [1.82, 2.24) is 9.97 Å². The molecule has 0 fully saturated rings. The van der Waals surface area contributed by atoms with Crippen molar-refractivity contribution in [3.05, 3.63) is 29.6 Å². The van der Waals surface area contributed by atoms with E-state index >= 15 is 0 Å². The lowest BCUT2D eigenvalue weighted by molar-refractivity contribution is 0.0527. The fourth-order valence-electron chi connectivity index (χ4n) is 1.90. The molecule has 0 saturated carbocycles. The van der Waals surface area contributed by atoms with Gasteiger partial charge in [-0.2, -0.15) is 0 Å². The lowest BCUT2D eigenvalue weighted by Gasteiger charge is -2.12. The lowest BCUT2D eigenvalue weighted by atomic mass is 10.1. The first kappa shape index (κ1) is 13.3. The smallest absolute Gasteiger partial charge is 0.341 e. The van der Waals surface area contributed by atoms with Crippen LogP contribution in [0.2, 0.25) is 0 Å². The number of pyridine rings is 2. The number of aryl methyl sites for hydroxylation is 1. The number of esters is 1. The Labute approximate surface area is 112 Å². The van der Waals surface area contributed by atoms with Crippen LogP contribution in [0, 0.1) is 6.92 Å². The summed E-state index contributed by atoms with van der Waals surface area (Å²) in [5, 5.41) is 4.03. The number of fused-ring (bicyclic) bond motifs is 1.